The number of amides is 1. The van der Waals surface area contributed by atoms with Crippen LogP contribution in [-0.4, -0.2) is 59.9 Å². The van der Waals surface area contributed by atoms with E-state index < -0.39 is 29.9 Å². The normalized spacial score (nSPS) is 18.4. The third kappa shape index (κ3) is 5.24. The maximum absolute atomic E-state index is 13.3. The van der Waals surface area contributed by atoms with E-state index in [0.29, 0.717) is 11.1 Å². The van der Waals surface area contributed by atoms with Crippen molar-refractivity contribution in [3.8, 4) is 11.5 Å². The first-order valence-corrected chi connectivity index (χ1v) is 10.9. The Labute approximate surface area is 176 Å². The number of carbonyl (C=O) groups is 4. The lowest BCUT2D eigenvalue weighted by Gasteiger charge is -2.41. The molecular formula is C19H23NO7S2. The molecule has 1 aromatic rings. The van der Waals surface area contributed by atoms with Crippen molar-refractivity contribution in [2.45, 2.75) is 39.3 Å². The van der Waals surface area contributed by atoms with Crippen LogP contribution >= 0.6 is 23.5 Å². The van der Waals surface area contributed by atoms with Gasteiger partial charge in [-0.05, 0) is 18.6 Å². The van der Waals surface area contributed by atoms with Crippen molar-refractivity contribution >= 4 is 45.6 Å². The number of carboxylic acid groups (broad SMARTS) is 1. The zero-order valence-electron chi connectivity index (χ0n) is 16.2. The zero-order chi connectivity index (χ0) is 21.9. The van der Waals surface area contributed by atoms with Crippen LogP contribution in [0.15, 0.2) is 12.1 Å². The summed E-state index contributed by atoms with van der Waals surface area (Å²) in [4.78, 5) is 49.2. The number of carboxylic acids is 1. The van der Waals surface area contributed by atoms with Gasteiger partial charge in [0.25, 0.3) is 0 Å². The van der Waals surface area contributed by atoms with E-state index in [1.54, 1.807) is 6.92 Å². The average Bonchev–Trinajstić information content (AvgIpc) is 2.63. The number of thioether (sulfide) groups is 2. The molecule has 10 heteroatoms. The van der Waals surface area contributed by atoms with Gasteiger partial charge < -0.3 is 20.2 Å². The lowest BCUT2D eigenvalue weighted by Crippen LogP contribution is -2.53. The molecule has 0 aliphatic carbocycles. The number of phenols is 2. The van der Waals surface area contributed by atoms with E-state index >= 15 is 0 Å². The summed E-state index contributed by atoms with van der Waals surface area (Å²) in [5.41, 5.74) is 0.838. The lowest BCUT2D eigenvalue weighted by molar-refractivity contribution is -0.154. The van der Waals surface area contributed by atoms with E-state index in [2.05, 4.69) is 0 Å². The number of phenolic OH excluding ortho intramolecular Hbond substituents is 2. The Hall–Kier alpha value is -2.20. The quantitative estimate of drug-likeness (QED) is 0.568. The van der Waals surface area contributed by atoms with E-state index in [1.165, 1.54) is 30.9 Å². The number of aromatic hydroxyl groups is 2. The second-order valence-electron chi connectivity index (χ2n) is 6.79. The fraction of sp³-hybridized carbons (Fsp3) is 0.474. The molecule has 1 heterocycles. The highest BCUT2D eigenvalue weighted by atomic mass is 32.2. The van der Waals surface area contributed by atoms with Gasteiger partial charge in [0.1, 0.15) is 6.04 Å². The second kappa shape index (κ2) is 9.53. The zero-order valence-corrected chi connectivity index (χ0v) is 17.9. The summed E-state index contributed by atoms with van der Waals surface area (Å²) in [7, 11) is 0. The van der Waals surface area contributed by atoms with Crippen molar-refractivity contribution in [1.82, 2.24) is 4.90 Å². The molecule has 0 saturated carbocycles. The van der Waals surface area contributed by atoms with Gasteiger partial charge in [0.05, 0.1) is 12.0 Å². The third-order valence-corrected chi connectivity index (χ3v) is 6.69. The summed E-state index contributed by atoms with van der Waals surface area (Å²) in [5.74, 6) is -2.98. The smallest absolute Gasteiger partial charge is 0.326 e. The predicted octanol–water partition coefficient (Wildman–Crippen LogP) is 2.17. The van der Waals surface area contributed by atoms with Crippen LogP contribution in [0.4, 0.5) is 0 Å². The summed E-state index contributed by atoms with van der Waals surface area (Å²) in [6.07, 6.45) is -0.0268. The minimum Gasteiger partial charge on any atom is -0.504 e. The molecule has 1 aliphatic rings. The number of hydrogen-bond donors (Lipinski definition) is 3. The Kier molecular flexibility index (Phi) is 7.59. The fourth-order valence-corrected chi connectivity index (χ4v) is 4.93. The van der Waals surface area contributed by atoms with Gasteiger partial charge in [-0.15, -0.1) is 0 Å². The number of aliphatic carboxylic acids is 1. The minimum atomic E-state index is -1.19. The van der Waals surface area contributed by atoms with E-state index in [4.69, 9.17) is 0 Å². The lowest BCUT2D eigenvalue weighted by atomic mass is 9.87. The monoisotopic (exact) mass is 441 g/mol. The maximum Gasteiger partial charge on any atom is 0.326 e. The molecule has 1 aliphatic heterocycles. The fourth-order valence-electron chi connectivity index (χ4n) is 3.39. The van der Waals surface area contributed by atoms with Gasteiger partial charge in [0, 0.05) is 37.3 Å². The van der Waals surface area contributed by atoms with Gasteiger partial charge >= 0.3 is 5.97 Å². The van der Waals surface area contributed by atoms with Crippen molar-refractivity contribution in [3.05, 3.63) is 23.3 Å². The van der Waals surface area contributed by atoms with Gasteiger partial charge in [-0.2, -0.15) is 0 Å². The molecule has 0 fully saturated rings. The molecule has 0 spiro atoms. The van der Waals surface area contributed by atoms with Crippen LogP contribution in [-0.2, 0) is 25.6 Å². The minimum absolute atomic E-state index is 0.0268. The topological polar surface area (TPSA) is 132 Å². The third-order valence-electron chi connectivity index (χ3n) is 4.73. The number of hydrogen-bond acceptors (Lipinski definition) is 8. The molecule has 2 atom stereocenters. The van der Waals surface area contributed by atoms with Crippen molar-refractivity contribution in [2.75, 3.05) is 11.5 Å². The Bertz CT molecular complexity index is 824. The first-order valence-electron chi connectivity index (χ1n) is 8.90. The molecule has 1 amide bonds. The highest BCUT2D eigenvalue weighted by Gasteiger charge is 2.43. The Morgan fingerprint density at radius 2 is 1.66 bits per heavy atom. The Morgan fingerprint density at radius 3 is 2.14 bits per heavy atom. The largest absolute Gasteiger partial charge is 0.504 e. The summed E-state index contributed by atoms with van der Waals surface area (Å²) < 4.78 is 0. The van der Waals surface area contributed by atoms with E-state index in [9.17, 15) is 34.5 Å². The second-order valence-corrected chi connectivity index (χ2v) is 9.18. The highest BCUT2D eigenvalue weighted by Crippen LogP contribution is 2.43. The SMILES string of the molecule is CC(=O)SCC(CSC(C)=O)C(=O)N1C(C(=O)O)Cc2ccc(O)c(O)c2C1C. The van der Waals surface area contributed by atoms with Crippen molar-refractivity contribution in [2.24, 2.45) is 5.92 Å². The van der Waals surface area contributed by atoms with Crippen LogP contribution in [0.5, 0.6) is 11.5 Å². The highest BCUT2D eigenvalue weighted by molar-refractivity contribution is 8.14. The molecule has 29 heavy (non-hydrogen) atoms. The number of fused-ring (bicyclic) bond motifs is 1. The molecular weight excluding hydrogens is 418 g/mol. The number of rotatable bonds is 6. The molecule has 0 radical (unpaired) electrons. The van der Waals surface area contributed by atoms with E-state index in [0.717, 1.165) is 23.5 Å². The molecule has 2 rings (SSSR count). The molecule has 0 saturated heterocycles. The number of nitrogens with zero attached hydrogens (tertiary/aromatic N) is 1. The summed E-state index contributed by atoms with van der Waals surface area (Å²) in [6, 6.07) is 0.841. The number of benzene rings is 1. The molecule has 0 bridgehead atoms. The summed E-state index contributed by atoms with van der Waals surface area (Å²) in [5, 5.41) is 29.5. The van der Waals surface area contributed by atoms with E-state index in [1.807, 2.05) is 0 Å². The first-order chi connectivity index (χ1) is 13.5. The average molecular weight is 442 g/mol. The summed E-state index contributed by atoms with van der Waals surface area (Å²) >= 11 is 1.88. The maximum atomic E-state index is 13.3. The van der Waals surface area contributed by atoms with Crippen molar-refractivity contribution in [3.63, 3.8) is 0 Å². The van der Waals surface area contributed by atoms with Crippen LogP contribution < -0.4 is 0 Å². The van der Waals surface area contributed by atoms with Crippen LogP contribution in [0.2, 0.25) is 0 Å². The summed E-state index contributed by atoms with van der Waals surface area (Å²) in [6.45, 7) is 4.31. The van der Waals surface area contributed by atoms with Gasteiger partial charge in [-0.25, -0.2) is 4.79 Å². The first kappa shape index (κ1) is 23.1. The molecule has 8 nitrogen and oxygen atoms in total. The predicted molar refractivity (Wildman–Crippen MR) is 110 cm³/mol. The molecule has 0 aromatic heterocycles. The van der Waals surface area contributed by atoms with Crippen LogP contribution in [0.25, 0.3) is 0 Å². The number of carbonyl (C=O) groups excluding carboxylic acids is 3. The standard InChI is InChI=1S/C19H23NO7S2/c1-9-16-12(4-5-15(23)17(16)24)6-14(19(26)27)20(9)18(25)13(7-28-10(2)21)8-29-11(3)22/h4-5,9,13-14,23-24H,6-8H2,1-3H3,(H,26,27). The Balaban J connectivity index is 2.43. The molecule has 2 unspecified atom stereocenters. The van der Waals surface area contributed by atoms with Gasteiger partial charge in [-0.1, -0.05) is 29.6 Å². The molecule has 1 aromatic carbocycles. The Morgan fingerprint density at radius 1 is 1.10 bits per heavy atom. The van der Waals surface area contributed by atoms with Gasteiger partial charge in [-0.3, -0.25) is 14.4 Å². The van der Waals surface area contributed by atoms with Gasteiger partial charge in [0.2, 0.25) is 5.91 Å². The van der Waals surface area contributed by atoms with Gasteiger partial charge in [0.15, 0.2) is 21.7 Å². The molecule has 158 valence electrons. The van der Waals surface area contributed by atoms with Crippen molar-refractivity contribution < 1.29 is 34.5 Å². The van der Waals surface area contributed by atoms with Crippen LogP contribution in [0, 0.1) is 5.92 Å². The van der Waals surface area contributed by atoms with Crippen molar-refractivity contribution in [1.29, 1.82) is 0 Å². The van der Waals surface area contributed by atoms with E-state index in [-0.39, 0.29) is 39.7 Å². The van der Waals surface area contributed by atoms with Crippen LogP contribution in [0.1, 0.15) is 37.9 Å². The van der Waals surface area contributed by atoms with Crippen LogP contribution in [0.3, 0.4) is 0 Å². The molecule has 3 N–H and O–H groups in total.